The van der Waals surface area contributed by atoms with Crippen molar-refractivity contribution >= 4 is 35.2 Å². The van der Waals surface area contributed by atoms with Crippen molar-refractivity contribution in [1.29, 1.82) is 0 Å². The predicted octanol–water partition coefficient (Wildman–Crippen LogP) is 3.42. The number of nitrogens with zero attached hydrogens (tertiary/aromatic N) is 2. The normalized spacial score (nSPS) is 20.2. The number of piperazine rings is 1. The third-order valence-electron chi connectivity index (χ3n) is 5.54. The van der Waals surface area contributed by atoms with Gasteiger partial charge in [-0.15, -0.1) is 11.8 Å². The first-order chi connectivity index (χ1) is 14.1. The van der Waals surface area contributed by atoms with Crippen LogP contribution in [0.3, 0.4) is 0 Å². The first kappa shape index (κ1) is 20.3. The van der Waals surface area contributed by atoms with E-state index in [2.05, 4.69) is 12.1 Å². The van der Waals surface area contributed by atoms with Gasteiger partial charge < -0.3 is 9.64 Å². The molecular weight excluding hydrogens is 408 g/mol. The molecule has 0 bridgehead atoms. The van der Waals surface area contributed by atoms with Crippen molar-refractivity contribution in [2.75, 3.05) is 33.3 Å². The van der Waals surface area contributed by atoms with Crippen molar-refractivity contribution in [2.45, 2.75) is 22.6 Å². The van der Waals surface area contributed by atoms with Gasteiger partial charge in [0.2, 0.25) is 5.91 Å². The van der Waals surface area contributed by atoms with E-state index in [-0.39, 0.29) is 17.1 Å². The van der Waals surface area contributed by atoms with Crippen LogP contribution in [0.2, 0.25) is 5.02 Å². The molecule has 1 amide bonds. The molecule has 2 aromatic carbocycles. The van der Waals surface area contributed by atoms with Crippen molar-refractivity contribution in [1.82, 2.24) is 9.80 Å². The lowest BCUT2D eigenvalue weighted by Crippen LogP contribution is -2.52. The molecule has 2 aliphatic rings. The van der Waals surface area contributed by atoms with E-state index in [4.69, 9.17) is 16.3 Å². The number of carbonyl (C=O) groups excluding carboxylic acids is 2. The zero-order chi connectivity index (χ0) is 20.4. The van der Waals surface area contributed by atoms with Crippen LogP contribution in [0, 0.1) is 0 Å². The Bertz CT molecular complexity index is 889. The standard InChI is InChI=1S/C22H23ClN2O3S/c1-28-22(27)20(16-7-3-4-8-17(16)23)24-10-12-25(13-11-24)21(26)19-14-15-6-2-5-9-18(15)29-19/h2-9,19-20H,10-14H2,1H3/t19-,20+/m1/s1. The minimum Gasteiger partial charge on any atom is -0.468 e. The first-order valence-corrected chi connectivity index (χ1v) is 10.9. The summed E-state index contributed by atoms with van der Waals surface area (Å²) in [5.74, 6) is -0.155. The zero-order valence-corrected chi connectivity index (χ0v) is 17.8. The number of rotatable bonds is 4. The van der Waals surface area contributed by atoms with Crippen molar-refractivity contribution in [2.24, 2.45) is 0 Å². The highest BCUT2D eigenvalue weighted by molar-refractivity contribution is 8.01. The number of ether oxygens (including phenoxy) is 1. The molecule has 2 heterocycles. The van der Waals surface area contributed by atoms with Crippen LogP contribution < -0.4 is 0 Å². The highest BCUT2D eigenvalue weighted by atomic mass is 35.5. The summed E-state index contributed by atoms with van der Waals surface area (Å²) in [6, 6.07) is 15.0. The van der Waals surface area contributed by atoms with Crippen LogP contribution in [-0.4, -0.2) is 60.2 Å². The second-order valence-corrected chi connectivity index (χ2v) is 8.88. The lowest BCUT2D eigenvalue weighted by Gasteiger charge is -2.39. The lowest BCUT2D eigenvalue weighted by atomic mass is 10.0. The number of carbonyl (C=O) groups is 2. The van der Waals surface area contributed by atoms with Gasteiger partial charge in [-0.1, -0.05) is 48.0 Å². The topological polar surface area (TPSA) is 49.9 Å². The smallest absolute Gasteiger partial charge is 0.327 e. The molecule has 0 spiro atoms. The van der Waals surface area contributed by atoms with E-state index in [1.165, 1.54) is 17.6 Å². The SMILES string of the molecule is COC(=O)[C@H](c1ccccc1Cl)N1CCN(C(=O)[C@H]2Cc3ccccc3S2)CC1. The molecule has 7 heteroatoms. The number of halogens is 1. The highest BCUT2D eigenvalue weighted by Crippen LogP contribution is 2.38. The molecule has 0 N–H and O–H groups in total. The number of hydrogen-bond acceptors (Lipinski definition) is 5. The molecule has 0 radical (unpaired) electrons. The average molecular weight is 431 g/mol. The number of esters is 1. The molecule has 1 fully saturated rings. The van der Waals surface area contributed by atoms with E-state index in [0.717, 1.165) is 12.0 Å². The molecule has 0 aliphatic carbocycles. The van der Waals surface area contributed by atoms with Crippen molar-refractivity contribution in [3.8, 4) is 0 Å². The molecule has 0 saturated carbocycles. The van der Waals surface area contributed by atoms with E-state index >= 15 is 0 Å². The van der Waals surface area contributed by atoms with Crippen molar-refractivity contribution in [3.05, 3.63) is 64.7 Å². The zero-order valence-electron chi connectivity index (χ0n) is 16.2. The first-order valence-electron chi connectivity index (χ1n) is 9.68. The maximum Gasteiger partial charge on any atom is 0.327 e. The van der Waals surface area contributed by atoms with Crippen molar-refractivity contribution in [3.63, 3.8) is 0 Å². The summed E-state index contributed by atoms with van der Waals surface area (Å²) in [5, 5.41) is 0.487. The van der Waals surface area contributed by atoms with Crippen LogP contribution in [0.5, 0.6) is 0 Å². The molecule has 1 saturated heterocycles. The summed E-state index contributed by atoms with van der Waals surface area (Å²) in [6.07, 6.45) is 0.782. The molecule has 29 heavy (non-hydrogen) atoms. The molecular formula is C22H23ClN2O3S. The third-order valence-corrected chi connectivity index (χ3v) is 7.19. The highest BCUT2D eigenvalue weighted by Gasteiger charge is 2.36. The minimum atomic E-state index is -0.559. The Labute approximate surface area is 180 Å². The third kappa shape index (κ3) is 4.15. The van der Waals surface area contributed by atoms with E-state index in [0.29, 0.717) is 31.2 Å². The summed E-state index contributed by atoms with van der Waals surface area (Å²) >= 11 is 8.00. The summed E-state index contributed by atoms with van der Waals surface area (Å²) in [4.78, 5) is 30.7. The van der Waals surface area contributed by atoms with Crippen molar-refractivity contribution < 1.29 is 14.3 Å². The number of hydrogen-bond donors (Lipinski definition) is 0. The van der Waals surface area contributed by atoms with E-state index in [9.17, 15) is 9.59 Å². The fourth-order valence-corrected chi connectivity index (χ4v) is 5.52. The molecule has 0 aromatic heterocycles. The summed E-state index contributed by atoms with van der Waals surface area (Å²) in [5.41, 5.74) is 1.99. The van der Waals surface area contributed by atoms with Gasteiger partial charge >= 0.3 is 5.97 Å². The number of amides is 1. The monoisotopic (exact) mass is 430 g/mol. The Kier molecular flexibility index (Phi) is 6.13. The van der Waals surface area contributed by atoms with Gasteiger partial charge in [-0.2, -0.15) is 0 Å². The van der Waals surface area contributed by atoms with Crippen LogP contribution in [0.25, 0.3) is 0 Å². The summed E-state index contributed by atoms with van der Waals surface area (Å²) < 4.78 is 5.04. The summed E-state index contributed by atoms with van der Waals surface area (Å²) in [6.45, 7) is 2.37. The largest absolute Gasteiger partial charge is 0.468 e. The van der Waals surface area contributed by atoms with Gasteiger partial charge in [0.1, 0.15) is 6.04 Å². The minimum absolute atomic E-state index is 0.0566. The molecule has 5 nitrogen and oxygen atoms in total. The number of benzene rings is 2. The predicted molar refractivity (Wildman–Crippen MR) is 114 cm³/mol. The van der Waals surface area contributed by atoms with Crippen LogP contribution in [0.4, 0.5) is 0 Å². The second-order valence-electron chi connectivity index (χ2n) is 7.23. The fourth-order valence-electron chi connectivity index (χ4n) is 4.01. The quantitative estimate of drug-likeness (QED) is 0.696. The van der Waals surface area contributed by atoms with Crippen LogP contribution >= 0.6 is 23.4 Å². The fraction of sp³-hybridized carbons (Fsp3) is 0.364. The van der Waals surface area contributed by atoms with Gasteiger partial charge in [0, 0.05) is 36.1 Å². The van der Waals surface area contributed by atoms with Crippen LogP contribution in [0.15, 0.2) is 53.4 Å². The number of methoxy groups -OCH3 is 1. The van der Waals surface area contributed by atoms with E-state index in [1.807, 2.05) is 40.1 Å². The molecule has 2 atom stereocenters. The van der Waals surface area contributed by atoms with Gasteiger partial charge in [0.25, 0.3) is 0 Å². The molecule has 0 unspecified atom stereocenters. The number of thioether (sulfide) groups is 1. The van der Waals surface area contributed by atoms with E-state index < -0.39 is 6.04 Å². The molecule has 2 aliphatic heterocycles. The van der Waals surface area contributed by atoms with Gasteiger partial charge in [-0.3, -0.25) is 9.69 Å². The lowest BCUT2D eigenvalue weighted by molar-refractivity contribution is -0.148. The van der Waals surface area contributed by atoms with Gasteiger partial charge in [-0.05, 0) is 29.7 Å². The Hall–Kier alpha value is -2.02. The maximum absolute atomic E-state index is 13.0. The Morgan fingerprint density at radius 3 is 2.45 bits per heavy atom. The Morgan fingerprint density at radius 1 is 1.07 bits per heavy atom. The van der Waals surface area contributed by atoms with Crippen LogP contribution in [-0.2, 0) is 20.7 Å². The molecule has 4 rings (SSSR count). The Morgan fingerprint density at radius 2 is 1.76 bits per heavy atom. The maximum atomic E-state index is 13.0. The van der Waals surface area contributed by atoms with Gasteiger partial charge in [0.15, 0.2) is 0 Å². The summed E-state index contributed by atoms with van der Waals surface area (Å²) in [7, 11) is 1.39. The van der Waals surface area contributed by atoms with Gasteiger partial charge in [0.05, 0.1) is 12.4 Å². The van der Waals surface area contributed by atoms with Crippen LogP contribution in [0.1, 0.15) is 17.2 Å². The van der Waals surface area contributed by atoms with E-state index in [1.54, 1.807) is 17.8 Å². The molecule has 152 valence electrons. The second kappa shape index (κ2) is 8.78. The average Bonchev–Trinajstić information content (AvgIpc) is 3.19. The Balaban J connectivity index is 1.42. The molecule has 2 aromatic rings. The number of fused-ring (bicyclic) bond motifs is 1. The van der Waals surface area contributed by atoms with Gasteiger partial charge in [-0.25, -0.2) is 4.79 Å².